The summed E-state index contributed by atoms with van der Waals surface area (Å²) in [5, 5.41) is 13.8. The lowest BCUT2D eigenvalue weighted by molar-refractivity contribution is 0.191. The third kappa shape index (κ3) is 2.94. The second kappa shape index (κ2) is 4.13. The largest absolute Gasteiger partial charge is 0.337 e. The summed E-state index contributed by atoms with van der Waals surface area (Å²) in [4.78, 5) is 11.2. The van der Waals surface area contributed by atoms with Gasteiger partial charge in [-0.3, -0.25) is 0 Å². The van der Waals surface area contributed by atoms with E-state index in [4.69, 9.17) is 5.26 Å². The van der Waals surface area contributed by atoms with E-state index in [1.807, 2.05) is 13.0 Å². The average molecular weight is 181 g/mol. The third-order valence-corrected chi connectivity index (χ3v) is 2.39. The van der Waals surface area contributed by atoms with Crippen molar-refractivity contribution >= 4 is 6.03 Å². The van der Waals surface area contributed by atoms with E-state index in [1.165, 1.54) is 6.42 Å². The van der Waals surface area contributed by atoms with Crippen LogP contribution in [-0.2, 0) is 0 Å². The monoisotopic (exact) mass is 181 g/mol. The minimum atomic E-state index is -0.155. The molecule has 1 aliphatic carbocycles. The standard InChI is InChI=1S/C9H15N3O/c1-9(4-2-5-9)12-8(13)11-7-3-6-10/h2-5,7H2,1H3,(H2,11,12,13). The van der Waals surface area contributed by atoms with Gasteiger partial charge in [-0.05, 0) is 26.2 Å². The summed E-state index contributed by atoms with van der Waals surface area (Å²) in [6.07, 6.45) is 3.66. The lowest BCUT2D eigenvalue weighted by atomic mass is 9.79. The van der Waals surface area contributed by atoms with E-state index in [9.17, 15) is 4.79 Å². The second-order valence-electron chi connectivity index (χ2n) is 3.70. The van der Waals surface area contributed by atoms with E-state index in [1.54, 1.807) is 0 Å². The Bertz CT molecular complexity index is 228. The Morgan fingerprint density at radius 1 is 1.62 bits per heavy atom. The summed E-state index contributed by atoms with van der Waals surface area (Å²) in [6.45, 7) is 2.47. The Morgan fingerprint density at radius 3 is 2.77 bits per heavy atom. The van der Waals surface area contributed by atoms with Crippen molar-refractivity contribution in [3.8, 4) is 6.07 Å². The van der Waals surface area contributed by atoms with Crippen LogP contribution in [0.5, 0.6) is 0 Å². The van der Waals surface area contributed by atoms with E-state index in [0.29, 0.717) is 13.0 Å². The van der Waals surface area contributed by atoms with Crippen molar-refractivity contribution in [3.63, 3.8) is 0 Å². The molecule has 0 aliphatic heterocycles. The Balaban J connectivity index is 2.14. The molecular weight excluding hydrogens is 166 g/mol. The molecule has 13 heavy (non-hydrogen) atoms. The first kappa shape index (κ1) is 9.85. The molecule has 0 aromatic rings. The lowest BCUT2D eigenvalue weighted by Crippen LogP contribution is -2.54. The fourth-order valence-electron chi connectivity index (χ4n) is 1.38. The number of amides is 2. The van der Waals surface area contributed by atoms with Gasteiger partial charge in [-0.15, -0.1) is 0 Å². The summed E-state index contributed by atoms with van der Waals surface area (Å²) in [6, 6.07) is 1.82. The van der Waals surface area contributed by atoms with Crippen molar-refractivity contribution in [1.82, 2.24) is 10.6 Å². The van der Waals surface area contributed by atoms with Gasteiger partial charge in [0.15, 0.2) is 0 Å². The molecular formula is C9H15N3O. The van der Waals surface area contributed by atoms with E-state index >= 15 is 0 Å². The molecule has 0 unspecified atom stereocenters. The van der Waals surface area contributed by atoms with Crippen LogP contribution >= 0.6 is 0 Å². The summed E-state index contributed by atoms with van der Waals surface area (Å²) in [5.74, 6) is 0. The van der Waals surface area contributed by atoms with Crippen LogP contribution in [0.2, 0.25) is 0 Å². The van der Waals surface area contributed by atoms with Gasteiger partial charge in [-0.1, -0.05) is 0 Å². The zero-order valence-electron chi connectivity index (χ0n) is 7.89. The molecule has 0 atom stereocenters. The van der Waals surface area contributed by atoms with Crippen molar-refractivity contribution in [3.05, 3.63) is 0 Å². The highest BCUT2D eigenvalue weighted by atomic mass is 16.2. The number of hydrogen-bond acceptors (Lipinski definition) is 2. The van der Waals surface area contributed by atoms with Gasteiger partial charge >= 0.3 is 6.03 Å². The van der Waals surface area contributed by atoms with Crippen LogP contribution in [0.1, 0.15) is 32.6 Å². The first-order valence-electron chi connectivity index (χ1n) is 4.59. The molecule has 1 saturated carbocycles. The maximum atomic E-state index is 11.2. The number of carbonyl (C=O) groups is 1. The Hall–Kier alpha value is -1.24. The van der Waals surface area contributed by atoms with E-state index < -0.39 is 0 Å². The van der Waals surface area contributed by atoms with Gasteiger partial charge in [-0.2, -0.15) is 5.26 Å². The molecule has 0 bridgehead atoms. The van der Waals surface area contributed by atoms with Crippen molar-refractivity contribution in [2.75, 3.05) is 6.54 Å². The molecule has 4 nitrogen and oxygen atoms in total. The van der Waals surface area contributed by atoms with Crippen molar-refractivity contribution in [2.45, 2.75) is 38.1 Å². The number of nitrogens with zero attached hydrogens (tertiary/aromatic N) is 1. The highest BCUT2D eigenvalue weighted by molar-refractivity contribution is 5.74. The maximum Gasteiger partial charge on any atom is 0.315 e. The summed E-state index contributed by atoms with van der Waals surface area (Å²) in [5.41, 5.74) is -0.00325. The van der Waals surface area contributed by atoms with Crippen LogP contribution in [-0.4, -0.2) is 18.1 Å². The topological polar surface area (TPSA) is 64.9 Å². The molecule has 0 radical (unpaired) electrons. The van der Waals surface area contributed by atoms with Crippen molar-refractivity contribution < 1.29 is 4.79 Å². The maximum absolute atomic E-state index is 11.2. The number of rotatable bonds is 3. The van der Waals surface area contributed by atoms with Gasteiger partial charge in [0.05, 0.1) is 12.5 Å². The van der Waals surface area contributed by atoms with Crippen LogP contribution < -0.4 is 10.6 Å². The number of hydrogen-bond donors (Lipinski definition) is 2. The normalized spacial score (nSPS) is 18.2. The highest BCUT2D eigenvalue weighted by Crippen LogP contribution is 2.30. The molecule has 4 heteroatoms. The molecule has 0 heterocycles. The molecule has 0 aromatic heterocycles. The summed E-state index contributed by atoms with van der Waals surface area (Å²) < 4.78 is 0. The van der Waals surface area contributed by atoms with E-state index in [2.05, 4.69) is 10.6 Å². The van der Waals surface area contributed by atoms with Gasteiger partial charge < -0.3 is 10.6 Å². The van der Waals surface area contributed by atoms with Crippen molar-refractivity contribution in [2.24, 2.45) is 0 Å². The Labute approximate surface area is 78.3 Å². The van der Waals surface area contributed by atoms with Gasteiger partial charge in [0, 0.05) is 12.1 Å². The fraction of sp³-hybridized carbons (Fsp3) is 0.778. The van der Waals surface area contributed by atoms with Gasteiger partial charge in [-0.25, -0.2) is 4.79 Å². The molecule has 1 rings (SSSR count). The first-order chi connectivity index (χ1) is 6.16. The quantitative estimate of drug-likeness (QED) is 0.641. The Kier molecular flexibility index (Phi) is 3.13. The predicted molar refractivity (Wildman–Crippen MR) is 49.0 cm³/mol. The van der Waals surface area contributed by atoms with Crippen LogP contribution in [0.25, 0.3) is 0 Å². The SMILES string of the molecule is CC1(NC(=O)NCCC#N)CCC1. The number of nitrogens with one attached hydrogen (secondary N) is 2. The molecule has 1 fully saturated rings. The van der Waals surface area contributed by atoms with Crippen molar-refractivity contribution in [1.29, 1.82) is 5.26 Å². The Morgan fingerprint density at radius 2 is 2.31 bits per heavy atom. The average Bonchev–Trinajstić information content (AvgIpc) is 2.02. The summed E-state index contributed by atoms with van der Waals surface area (Å²) in [7, 11) is 0. The van der Waals surface area contributed by atoms with Crippen LogP contribution in [0.3, 0.4) is 0 Å². The molecule has 0 aromatic carbocycles. The van der Waals surface area contributed by atoms with Gasteiger partial charge in [0.25, 0.3) is 0 Å². The summed E-state index contributed by atoms with van der Waals surface area (Å²) >= 11 is 0. The van der Waals surface area contributed by atoms with Crippen LogP contribution in [0.15, 0.2) is 0 Å². The van der Waals surface area contributed by atoms with E-state index in [0.717, 1.165) is 12.8 Å². The fourth-order valence-corrected chi connectivity index (χ4v) is 1.38. The first-order valence-corrected chi connectivity index (χ1v) is 4.59. The molecule has 2 N–H and O–H groups in total. The zero-order valence-corrected chi connectivity index (χ0v) is 7.89. The minimum Gasteiger partial charge on any atom is -0.337 e. The molecule has 72 valence electrons. The molecule has 2 amide bonds. The predicted octanol–water partition coefficient (Wildman–Crippen LogP) is 1.14. The van der Waals surface area contributed by atoms with Gasteiger partial charge in [0.1, 0.15) is 0 Å². The molecule has 0 spiro atoms. The van der Waals surface area contributed by atoms with E-state index in [-0.39, 0.29) is 11.6 Å². The zero-order chi connectivity index (χ0) is 9.73. The molecule has 1 aliphatic rings. The van der Waals surface area contributed by atoms with Crippen LogP contribution in [0, 0.1) is 11.3 Å². The number of nitriles is 1. The number of carbonyl (C=O) groups excluding carboxylic acids is 1. The smallest absolute Gasteiger partial charge is 0.315 e. The second-order valence-corrected chi connectivity index (χ2v) is 3.70. The number of urea groups is 1. The minimum absolute atomic E-state index is 0.00325. The lowest BCUT2D eigenvalue weighted by Gasteiger charge is -2.38. The van der Waals surface area contributed by atoms with Gasteiger partial charge in [0.2, 0.25) is 0 Å². The van der Waals surface area contributed by atoms with Crippen LogP contribution in [0.4, 0.5) is 4.79 Å². The molecule has 0 saturated heterocycles. The highest BCUT2D eigenvalue weighted by Gasteiger charge is 2.32. The third-order valence-electron chi connectivity index (χ3n) is 2.39.